The molecule has 15 heavy (non-hydrogen) atoms. The van der Waals surface area contributed by atoms with Crippen molar-refractivity contribution in [1.82, 2.24) is 10.3 Å². The van der Waals surface area contributed by atoms with Gasteiger partial charge in [-0.2, -0.15) is 0 Å². The number of hydrogen-bond donors (Lipinski definition) is 1. The van der Waals surface area contributed by atoms with Crippen LogP contribution in [0.2, 0.25) is 0 Å². The molecule has 0 radical (unpaired) electrons. The first-order chi connectivity index (χ1) is 7.29. The Balaban J connectivity index is 2.16. The predicted octanol–water partition coefficient (Wildman–Crippen LogP) is 2.61. The van der Waals surface area contributed by atoms with Crippen LogP contribution in [0.4, 0.5) is 0 Å². The van der Waals surface area contributed by atoms with Crippen LogP contribution in [0, 0.1) is 5.92 Å². The van der Waals surface area contributed by atoms with Crippen LogP contribution in [0.5, 0.6) is 0 Å². The van der Waals surface area contributed by atoms with E-state index in [1.165, 1.54) is 11.3 Å². The van der Waals surface area contributed by atoms with E-state index in [4.69, 9.17) is 0 Å². The van der Waals surface area contributed by atoms with E-state index in [2.05, 4.69) is 42.4 Å². The van der Waals surface area contributed by atoms with Gasteiger partial charge in [0.2, 0.25) is 0 Å². The Morgan fingerprint density at radius 2 is 2.33 bits per heavy atom. The van der Waals surface area contributed by atoms with Gasteiger partial charge in [0, 0.05) is 29.7 Å². The fourth-order valence-electron chi connectivity index (χ4n) is 1.77. The number of nitrogens with zero attached hydrogens (tertiary/aromatic N) is 1. The topological polar surface area (TPSA) is 24.9 Å². The molecule has 2 heterocycles. The zero-order valence-electron chi connectivity index (χ0n) is 9.46. The minimum absolute atomic E-state index is 0.747. The van der Waals surface area contributed by atoms with E-state index in [9.17, 15) is 0 Å². The number of aryl methyl sites for hydroxylation is 1. The maximum atomic E-state index is 4.41. The van der Waals surface area contributed by atoms with Crippen molar-refractivity contribution in [2.45, 2.75) is 26.7 Å². The zero-order chi connectivity index (χ0) is 10.7. The van der Waals surface area contributed by atoms with Crippen LogP contribution in [0.15, 0.2) is 24.4 Å². The maximum Gasteiger partial charge on any atom is 0.0401 e. The quantitative estimate of drug-likeness (QED) is 0.797. The molecule has 0 saturated heterocycles. The highest BCUT2D eigenvalue weighted by Gasteiger charge is 2.10. The van der Waals surface area contributed by atoms with E-state index >= 15 is 0 Å². The molecular formula is C13H18N2. The lowest BCUT2D eigenvalue weighted by Gasteiger charge is -2.20. The molecule has 1 unspecified atom stereocenters. The van der Waals surface area contributed by atoms with Gasteiger partial charge in [-0.3, -0.25) is 4.98 Å². The normalized spacial score (nSPS) is 20.7. The van der Waals surface area contributed by atoms with Crippen molar-refractivity contribution in [3.05, 3.63) is 35.7 Å². The van der Waals surface area contributed by atoms with Crippen molar-refractivity contribution < 1.29 is 0 Å². The summed E-state index contributed by atoms with van der Waals surface area (Å²) < 4.78 is 0. The maximum absolute atomic E-state index is 4.41. The first kappa shape index (κ1) is 10.2. The molecule has 1 aromatic rings. The Kier molecular flexibility index (Phi) is 3.05. The van der Waals surface area contributed by atoms with Crippen LogP contribution in [-0.4, -0.2) is 11.5 Å². The van der Waals surface area contributed by atoms with Gasteiger partial charge in [0.15, 0.2) is 0 Å². The number of rotatable bonds is 2. The van der Waals surface area contributed by atoms with E-state index in [0.717, 1.165) is 31.0 Å². The second-order valence-electron chi connectivity index (χ2n) is 4.23. The van der Waals surface area contributed by atoms with Gasteiger partial charge >= 0.3 is 0 Å². The number of nitrogens with one attached hydrogen (secondary N) is 1. The van der Waals surface area contributed by atoms with Gasteiger partial charge in [-0.15, -0.1) is 0 Å². The van der Waals surface area contributed by atoms with Crippen LogP contribution in [0.3, 0.4) is 0 Å². The summed E-state index contributed by atoms with van der Waals surface area (Å²) in [6.45, 7) is 5.46. The smallest absolute Gasteiger partial charge is 0.0401 e. The highest BCUT2D eigenvalue weighted by molar-refractivity contribution is 5.63. The summed E-state index contributed by atoms with van der Waals surface area (Å²) in [5.74, 6) is 0.747. The summed E-state index contributed by atoms with van der Waals surface area (Å²) >= 11 is 0. The number of pyridine rings is 1. The summed E-state index contributed by atoms with van der Waals surface area (Å²) in [4.78, 5) is 4.41. The predicted molar refractivity (Wildman–Crippen MR) is 63.4 cm³/mol. The lowest BCUT2D eigenvalue weighted by molar-refractivity contribution is 0.549. The Hall–Kier alpha value is -1.31. The molecule has 2 rings (SSSR count). The van der Waals surface area contributed by atoms with Gasteiger partial charge in [-0.1, -0.05) is 19.9 Å². The number of hydrogen-bond acceptors (Lipinski definition) is 2. The minimum atomic E-state index is 0.747. The average Bonchev–Trinajstić information content (AvgIpc) is 2.30. The van der Waals surface area contributed by atoms with Crippen LogP contribution >= 0.6 is 0 Å². The first-order valence-electron chi connectivity index (χ1n) is 5.69. The standard InChI is InChI=1S/C13H18N2/c1-3-12-6-5-11(9-14-12)13-7-4-10(2)8-15-13/h5-7,9-10,15H,3-4,8H2,1-2H3. The number of aromatic nitrogens is 1. The summed E-state index contributed by atoms with van der Waals surface area (Å²) in [7, 11) is 0. The molecule has 1 aromatic heterocycles. The van der Waals surface area contributed by atoms with E-state index in [1.807, 2.05) is 6.20 Å². The number of allylic oxidation sites excluding steroid dienone is 1. The Morgan fingerprint density at radius 1 is 1.47 bits per heavy atom. The average molecular weight is 202 g/mol. The zero-order valence-corrected chi connectivity index (χ0v) is 9.46. The second kappa shape index (κ2) is 4.47. The van der Waals surface area contributed by atoms with Gasteiger partial charge in [0.25, 0.3) is 0 Å². The highest BCUT2D eigenvalue weighted by Crippen LogP contribution is 2.18. The second-order valence-corrected chi connectivity index (χ2v) is 4.23. The van der Waals surface area contributed by atoms with E-state index in [0.29, 0.717) is 0 Å². The molecule has 1 aliphatic rings. The Morgan fingerprint density at radius 3 is 2.87 bits per heavy atom. The third-order valence-electron chi connectivity index (χ3n) is 2.86. The van der Waals surface area contributed by atoms with Crippen molar-refractivity contribution in [2.75, 3.05) is 6.54 Å². The molecule has 0 amide bonds. The lowest BCUT2D eigenvalue weighted by atomic mass is 10.0. The summed E-state index contributed by atoms with van der Waals surface area (Å²) in [6, 6.07) is 4.26. The highest BCUT2D eigenvalue weighted by atomic mass is 14.9. The van der Waals surface area contributed by atoms with Gasteiger partial charge in [0.1, 0.15) is 0 Å². The SMILES string of the molecule is CCc1ccc(C2=CCC(C)CN2)cn1. The molecule has 80 valence electrons. The van der Waals surface area contributed by atoms with Gasteiger partial charge in [-0.25, -0.2) is 0 Å². The van der Waals surface area contributed by atoms with Crippen molar-refractivity contribution >= 4 is 5.70 Å². The molecular weight excluding hydrogens is 184 g/mol. The Labute approximate surface area is 91.4 Å². The van der Waals surface area contributed by atoms with Crippen molar-refractivity contribution in [2.24, 2.45) is 5.92 Å². The third kappa shape index (κ3) is 2.38. The molecule has 0 aliphatic carbocycles. The molecule has 1 atom stereocenters. The summed E-state index contributed by atoms with van der Waals surface area (Å²) in [5.41, 5.74) is 3.60. The fraction of sp³-hybridized carbons (Fsp3) is 0.462. The van der Waals surface area contributed by atoms with Crippen LogP contribution in [0.25, 0.3) is 5.70 Å². The van der Waals surface area contributed by atoms with Gasteiger partial charge < -0.3 is 5.32 Å². The largest absolute Gasteiger partial charge is 0.384 e. The van der Waals surface area contributed by atoms with Crippen molar-refractivity contribution in [3.8, 4) is 0 Å². The Bertz CT molecular complexity index is 351. The van der Waals surface area contributed by atoms with Crippen LogP contribution in [0.1, 0.15) is 31.5 Å². The van der Waals surface area contributed by atoms with Crippen LogP contribution < -0.4 is 5.32 Å². The molecule has 0 saturated carbocycles. The van der Waals surface area contributed by atoms with E-state index in [1.54, 1.807) is 0 Å². The molecule has 0 aromatic carbocycles. The summed E-state index contributed by atoms with van der Waals surface area (Å²) in [5, 5.41) is 3.44. The summed E-state index contributed by atoms with van der Waals surface area (Å²) in [6.07, 6.45) is 6.41. The van der Waals surface area contributed by atoms with Crippen LogP contribution in [-0.2, 0) is 6.42 Å². The van der Waals surface area contributed by atoms with Gasteiger partial charge in [0.05, 0.1) is 0 Å². The van der Waals surface area contributed by atoms with Crippen molar-refractivity contribution in [3.63, 3.8) is 0 Å². The first-order valence-corrected chi connectivity index (χ1v) is 5.69. The molecule has 0 fully saturated rings. The van der Waals surface area contributed by atoms with E-state index < -0.39 is 0 Å². The lowest BCUT2D eigenvalue weighted by Crippen LogP contribution is -2.23. The fourth-order valence-corrected chi connectivity index (χ4v) is 1.77. The molecule has 2 nitrogen and oxygen atoms in total. The monoisotopic (exact) mass is 202 g/mol. The molecule has 1 aliphatic heterocycles. The molecule has 0 spiro atoms. The van der Waals surface area contributed by atoms with Gasteiger partial charge in [-0.05, 0) is 30.9 Å². The van der Waals surface area contributed by atoms with E-state index in [-0.39, 0.29) is 0 Å². The molecule has 1 N–H and O–H groups in total. The minimum Gasteiger partial charge on any atom is -0.384 e. The molecule has 2 heteroatoms. The third-order valence-corrected chi connectivity index (χ3v) is 2.86. The van der Waals surface area contributed by atoms with Crippen molar-refractivity contribution in [1.29, 1.82) is 0 Å². The molecule has 0 bridgehead atoms.